The Morgan fingerprint density at radius 1 is 1.20 bits per heavy atom. The van der Waals surface area contributed by atoms with E-state index in [1.807, 2.05) is 18.2 Å². The van der Waals surface area contributed by atoms with Crippen LogP contribution in [0.4, 0.5) is 4.39 Å². The highest BCUT2D eigenvalue weighted by atomic mass is 19.1. The van der Waals surface area contributed by atoms with Gasteiger partial charge < -0.3 is 15.4 Å². The summed E-state index contributed by atoms with van der Waals surface area (Å²) in [6.07, 6.45) is 4.32. The third-order valence-corrected chi connectivity index (χ3v) is 4.05. The fourth-order valence-corrected chi connectivity index (χ4v) is 2.32. The van der Waals surface area contributed by atoms with Gasteiger partial charge in [0.25, 0.3) is 0 Å². The number of ether oxygens (including phenoxy) is 1. The molecular weight excluding hydrogens is 319 g/mol. The molecule has 0 atom stereocenters. The molecule has 1 fully saturated rings. The van der Waals surface area contributed by atoms with Crippen LogP contribution >= 0.6 is 0 Å². The molecule has 0 bridgehead atoms. The van der Waals surface area contributed by atoms with E-state index in [0.29, 0.717) is 36.4 Å². The topological polar surface area (TPSA) is 58.5 Å². The van der Waals surface area contributed by atoms with Crippen molar-refractivity contribution in [3.05, 3.63) is 59.5 Å². The Morgan fingerprint density at radius 3 is 2.68 bits per heavy atom. The Hall–Kier alpha value is -2.63. The largest absolute Gasteiger partial charge is 0.477 e. The van der Waals surface area contributed by atoms with Crippen LogP contribution in [-0.2, 0) is 13.1 Å². The van der Waals surface area contributed by atoms with Crippen molar-refractivity contribution in [1.29, 1.82) is 0 Å². The van der Waals surface area contributed by atoms with Crippen molar-refractivity contribution in [2.75, 3.05) is 13.7 Å². The number of benzene rings is 1. The summed E-state index contributed by atoms with van der Waals surface area (Å²) in [7, 11) is 1.68. The van der Waals surface area contributed by atoms with Crippen molar-refractivity contribution < 1.29 is 9.13 Å². The summed E-state index contributed by atoms with van der Waals surface area (Å²) >= 11 is 0. The van der Waals surface area contributed by atoms with Gasteiger partial charge in [-0.05, 0) is 30.4 Å². The summed E-state index contributed by atoms with van der Waals surface area (Å²) in [6, 6.07) is 10.6. The maximum atomic E-state index is 13.6. The number of halogens is 1. The quantitative estimate of drug-likeness (QED) is 0.600. The van der Waals surface area contributed by atoms with Gasteiger partial charge in [0.05, 0.1) is 6.61 Å². The molecule has 2 aromatic rings. The third kappa shape index (κ3) is 5.45. The molecule has 0 spiro atoms. The van der Waals surface area contributed by atoms with Crippen LogP contribution in [0, 0.1) is 11.7 Å². The maximum absolute atomic E-state index is 13.6. The molecule has 2 N–H and O–H groups in total. The van der Waals surface area contributed by atoms with E-state index < -0.39 is 0 Å². The first-order chi connectivity index (χ1) is 12.2. The zero-order valence-corrected chi connectivity index (χ0v) is 14.3. The van der Waals surface area contributed by atoms with Crippen molar-refractivity contribution in [2.24, 2.45) is 10.9 Å². The molecule has 3 rings (SSSR count). The second-order valence-corrected chi connectivity index (χ2v) is 6.13. The molecule has 0 radical (unpaired) electrons. The van der Waals surface area contributed by atoms with Gasteiger partial charge in [0.1, 0.15) is 5.82 Å². The van der Waals surface area contributed by atoms with Gasteiger partial charge >= 0.3 is 0 Å². The van der Waals surface area contributed by atoms with Gasteiger partial charge in [-0.1, -0.05) is 24.3 Å². The predicted molar refractivity (Wildman–Crippen MR) is 95.9 cm³/mol. The molecule has 132 valence electrons. The van der Waals surface area contributed by atoms with Gasteiger partial charge in [-0.2, -0.15) is 0 Å². The summed E-state index contributed by atoms with van der Waals surface area (Å²) in [5.74, 6) is 1.76. The highest BCUT2D eigenvalue weighted by Gasteiger charge is 2.22. The van der Waals surface area contributed by atoms with Crippen LogP contribution in [-0.4, -0.2) is 24.6 Å². The zero-order chi connectivity index (χ0) is 17.5. The second-order valence-electron chi connectivity index (χ2n) is 6.13. The van der Waals surface area contributed by atoms with Crippen LogP contribution in [0.3, 0.4) is 0 Å². The highest BCUT2D eigenvalue weighted by molar-refractivity contribution is 5.79. The van der Waals surface area contributed by atoms with E-state index in [2.05, 4.69) is 20.6 Å². The molecule has 1 aromatic heterocycles. The smallest absolute Gasteiger partial charge is 0.213 e. The van der Waals surface area contributed by atoms with Crippen molar-refractivity contribution in [2.45, 2.75) is 25.9 Å². The maximum Gasteiger partial charge on any atom is 0.213 e. The number of nitrogens with zero attached hydrogens (tertiary/aromatic N) is 2. The lowest BCUT2D eigenvalue weighted by molar-refractivity contribution is 0.288. The molecule has 0 amide bonds. The molecule has 6 heteroatoms. The average molecular weight is 342 g/mol. The summed E-state index contributed by atoms with van der Waals surface area (Å²) in [5.41, 5.74) is 1.62. The normalized spacial score (nSPS) is 14.2. The first-order valence-corrected chi connectivity index (χ1v) is 8.50. The number of aromatic nitrogens is 1. The van der Waals surface area contributed by atoms with Crippen LogP contribution in [0.15, 0.2) is 47.6 Å². The van der Waals surface area contributed by atoms with Crippen LogP contribution in [0.5, 0.6) is 5.88 Å². The lowest BCUT2D eigenvalue weighted by Crippen LogP contribution is -2.36. The fourth-order valence-electron chi connectivity index (χ4n) is 2.32. The van der Waals surface area contributed by atoms with Gasteiger partial charge in [0.15, 0.2) is 5.96 Å². The standard InChI is InChI=1S/C19H23FN4O/c1-21-19(24-12-16-4-2-3-5-17(16)20)23-11-15-8-9-18(22-10-15)25-13-14-6-7-14/h2-5,8-10,14H,6-7,11-13H2,1H3,(H2,21,23,24). The first kappa shape index (κ1) is 17.2. The molecule has 1 aliphatic carbocycles. The lowest BCUT2D eigenvalue weighted by atomic mass is 10.2. The van der Waals surface area contributed by atoms with E-state index in [0.717, 1.165) is 12.2 Å². The number of pyridine rings is 1. The molecule has 1 heterocycles. The molecule has 0 unspecified atom stereocenters. The molecule has 0 aliphatic heterocycles. The molecule has 1 aliphatic rings. The van der Waals surface area contributed by atoms with Crippen LogP contribution in [0.25, 0.3) is 0 Å². The number of rotatable bonds is 7. The molecular formula is C19H23FN4O. The summed E-state index contributed by atoms with van der Waals surface area (Å²) < 4.78 is 19.3. The number of hydrogen-bond donors (Lipinski definition) is 2. The molecule has 25 heavy (non-hydrogen) atoms. The number of guanidine groups is 1. The van der Waals surface area contributed by atoms with Gasteiger partial charge in [0, 0.05) is 38.0 Å². The third-order valence-electron chi connectivity index (χ3n) is 4.05. The summed E-state index contributed by atoms with van der Waals surface area (Å²) in [4.78, 5) is 8.46. The Morgan fingerprint density at radius 2 is 2.00 bits per heavy atom. The molecule has 1 aromatic carbocycles. The van der Waals surface area contributed by atoms with Gasteiger partial charge in [0.2, 0.25) is 5.88 Å². The number of nitrogens with one attached hydrogen (secondary N) is 2. The minimum absolute atomic E-state index is 0.226. The molecule has 1 saturated carbocycles. The fraction of sp³-hybridized carbons (Fsp3) is 0.368. The van der Waals surface area contributed by atoms with Crippen molar-refractivity contribution >= 4 is 5.96 Å². The summed E-state index contributed by atoms with van der Waals surface area (Å²) in [5, 5.41) is 6.29. The predicted octanol–water partition coefficient (Wildman–Crippen LogP) is 2.87. The van der Waals surface area contributed by atoms with E-state index in [-0.39, 0.29) is 5.82 Å². The number of aliphatic imine (C=N–C) groups is 1. The minimum atomic E-state index is -0.226. The zero-order valence-electron chi connectivity index (χ0n) is 14.3. The van der Waals surface area contributed by atoms with Crippen molar-refractivity contribution in [3.8, 4) is 5.88 Å². The van der Waals surface area contributed by atoms with Gasteiger partial charge in [-0.25, -0.2) is 9.37 Å². The SMILES string of the molecule is CN=C(NCc1ccc(OCC2CC2)nc1)NCc1ccccc1F. The Kier molecular flexibility index (Phi) is 5.82. The number of hydrogen-bond acceptors (Lipinski definition) is 3. The van der Waals surface area contributed by atoms with Crippen molar-refractivity contribution in [3.63, 3.8) is 0 Å². The van der Waals surface area contributed by atoms with Gasteiger partial charge in [-0.15, -0.1) is 0 Å². The van der Waals surface area contributed by atoms with Crippen LogP contribution < -0.4 is 15.4 Å². The summed E-state index contributed by atoms with van der Waals surface area (Å²) in [6.45, 7) is 1.71. The first-order valence-electron chi connectivity index (χ1n) is 8.50. The average Bonchev–Trinajstić information content (AvgIpc) is 3.47. The molecule has 0 saturated heterocycles. The Balaban J connectivity index is 1.44. The highest BCUT2D eigenvalue weighted by Crippen LogP contribution is 2.29. The van der Waals surface area contributed by atoms with Crippen LogP contribution in [0.2, 0.25) is 0 Å². The minimum Gasteiger partial charge on any atom is -0.477 e. The monoisotopic (exact) mass is 342 g/mol. The second kappa shape index (κ2) is 8.46. The van der Waals surface area contributed by atoms with E-state index in [4.69, 9.17) is 4.74 Å². The van der Waals surface area contributed by atoms with E-state index in [9.17, 15) is 4.39 Å². The molecule has 5 nitrogen and oxygen atoms in total. The van der Waals surface area contributed by atoms with E-state index in [1.54, 1.807) is 25.4 Å². The van der Waals surface area contributed by atoms with Gasteiger partial charge in [-0.3, -0.25) is 4.99 Å². The van der Waals surface area contributed by atoms with Crippen LogP contribution in [0.1, 0.15) is 24.0 Å². The Bertz CT molecular complexity index is 714. The van der Waals surface area contributed by atoms with E-state index in [1.165, 1.54) is 18.9 Å². The van der Waals surface area contributed by atoms with Crippen molar-refractivity contribution in [1.82, 2.24) is 15.6 Å². The van der Waals surface area contributed by atoms with E-state index >= 15 is 0 Å². The lowest BCUT2D eigenvalue weighted by Gasteiger charge is -2.12. The Labute approximate surface area is 147 Å².